The van der Waals surface area contributed by atoms with Crippen LogP contribution in [-0.4, -0.2) is 36.6 Å². The van der Waals surface area contributed by atoms with Crippen LogP contribution in [0.5, 0.6) is 0 Å². The Balaban J connectivity index is 1.97. The van der Waals surface area contributed by atoms with Gasteiger partial charge in [-0.15, -0.1) is 0 Å². The van der Waals surface area contributed by atoms with E-state index in [9.17, 15) is 0 Å². The second-order valence-electron chi connectivity index (χ2n) is 9.20. The van der Waals surface area contributed by atoms with Crippen LogP contribution in [0.1, 0.15) is 61.0 Å². The Morgan fingerprint density at radius 2 is 1.12 bits per heavy atom. The monoisotopic (exact) mass is 356 g/mol. The van der Waals surface area contributed by atoms with Gasteiger partial charge in [-0.25, -0.2) is 0 Å². The Bertz CT molecular complexity index is 663. The highest BCUT2D eigenvalue weighted by molar-refractivity contribution is 6.72. The van der Waals surface area contributed by atoms with Gasteiger partial charge in [0, 0.05) is 0 Å². The summed E-state index contributed by atoms with van der Waals surface area (Å²) >= 11 is 0. The fourth-order valence-electron chi connectivity index (χ4n) is 3.01. The molecule has 0 saturated carbocycles. The zero-order valence-electron chi connectivity index (χ0n) is 17.3. The average molecular weight is 356 g/mol. The summed E-state index contributed by atoms with van der Waals surface area (Å²) in [6, 6.07) is 10.1. The van der Waals surface area contributed by atoms with Crippen molar-refractivity contribution in [3.63, 3.8) is 0 Å². The predicted octanol–water partition coefficient (Wildman–Crippen LogP) is 4.33. The quantitative estimate of drug-likeness (QED) is 0.756. The molecule has 4 nitrogen and oxygen atoms in total. The Hall–Kier alpha value is -1.07. The van der Waals surface area contributed by atoms with Crippen LogP contribution in [-0.2, 0) is 18.6 Å². The lowest BCUT2D eigenvalue weighted by Crippen LogP contribution is -2.41. The van der Waals surface area contributed by atoms with Gasteiger partial charge in [-0.1, -0.05) is 36.3 Å². The summed E-state index contributed by atoms with van der Waals surface area (Å²) in [4.78, 5) is 0. The van der Waals surface area contributed by atoms with Gasteiger partial charge in [0.2, 0.25) is 0 Å². The topological polar surface area (TPSA) is 36.9 Å². The van der Waals surface area contributed by atoms with Crippen LogP contribution in [0.25, 0.3) is 5.47 Å². The maximum absolute atomic E-state index is 6.29. The van der Waals surface area contributed by atoms with E-state index in [1.165, 1.54) is 0 Å². The van der Waals surface area contributed by atoms with Gasteiger partial charge in [0.25, 0.3) is 0 Å². The molecule has 1 aromatic carbocycles. The van der Waals surface area contributed by atoms with Crippen molar-refractivity contribution in [2.24, 2.45) is 0 Å². The van der Waals surface area contributed by atoms with Gasteiger partial charge in [-0.05, 0) is 66.4 Å². The van der Waals surface area contributed by atoms with Gasteiger partial charge in [0.05, 0.1) is 22.4 Å². The average Bonchev–Trinajstić information content (AvgIpc) is 2.85. The number of hydrogen-bond donors (Lipinski definition) is 0. The van der Waals surface area contributed by atoms with Crippen LogP contribution in [0.4, 0.5) is 0 Å². The van der Waals surface area contributed by atoms with Gasteiger partial charge in [-0.3, -0.25) is 0 Å². The van der Waals surface area contributed by atoms with Crippen molar-refractivity contribution in [3.05, 3.63) is 41.9 Å². The highest BCUT2D eigenvalue weighted by Gasteiger charge is 2.54. The summed E-state index contributed by atoms with van der Waals surface area (Å²) in [5, 5.41) is 0. The second kappa shape index (κ2) is 6.23. The number of benzene rings is 1. The molecule has 0 N–H and O–H groups in total. The third kappa shape index (κ3) is 3.40. The van der Waals surface area contributed by atoms with Crippen LogP contribution in [0.3, 0.4) is 0 Å². The molecule has 140 valence electrons. The Morgan fingerprint density at radius 3 is 1.58 bits per heavy atom. The maximum atomic E-state index is 6.29. The van der Waals surface area contributed by atoms with Gasteiger partial charge in [0.15, 0.2) is 0 Å². The van der Waals surface area contributed by atoms with E-state index in [-0.39, 0.29) is 11.2 Å². The first-order chi connectivity index (χ1) is 11.8. The highest BCUT2D eigenvalue weighted by Crippen LogP contribution is 2.42. The van der Waals surface area contributed by atoms with Gasteiger partial charge < -0.3 is 18.6 Å². The second-order valence-corrected chi connectivity index (χ2v) is 9.20. The SMILES string of the molecule is CC1(C)OB(/C=C(\B2OC(C)(C)C(C)(C)O2)c2ccccc2)OC1(C)C. The number of rotatable bonds is 3. The third-order valence-corrected chi connectivity index (χ3v) is 6.20. The summed E-state index contributed by atoms with van der Waals surface area (Å²) < 4.78 is 24.9. The van der Waals surface area contributed by atoms with Crippen LogP contribution in [0.15, 0.2) is 36.3 Å². The first-order valence-electron chi connectivity index (χ1n) is 9.33. The van der Waals surface area contributed by atoms with Gasteiger partial charge >= 0.3 is 14.2 Å². The van der Waals surface area contributed by atoms with Gasteiger partial charge in [-0.2, -0.15) is 0 Å². The lowest BCUT2D eigenvalue weighted by atomic mass is 9.68. The smallest absolute Gasteiger partial charge is 0.400 e. The highest BCUT2D eigenvalue weighted by atomic mass is 16.7. The molecule has 0 amide bonds. The van der Waals surface area contributed by atoms with E-state index in [4.69, 9.17) is 18.6 Å². The molecule has 2 heterocycles. The summed E-state index contributed by atoms with van der Waals surface area (Å²) in [7, 11) is -0.921. The lowest BCUT2D eigenvalue weighted by Gasteiger charge is -2.32. The molecular formula is C20H30B2O4. The van der Waals surface area contributed by atoms with Crippen molar-refractivity contribution in [3.8, 4) is 0 Å². The largest absolute Gasteiger partial charge is 0.494 e. The normalized spacial score (nSPS) is 26.4. The van der Waals surface area contributed by atoms with E-state index in [1.807, 2.05) is 24.2 Å². The van der Waals surface area contributed by atoms with Crippen molar-refractivity contribution < 1.29 is 18.6 Å². The van der Waals surface area contributed by atoms with E-state index in [0.29, 0.717) is 0 Å². The molecule has 2 saturated heterocycles. The van der Waals surface area contributed by atoms with E-state index in [0.717, 1.165) is 11.0 Å². The van der Waals surface area contributed by atoms with Crippen LogP contribution < -0.4 is 0 Å². The molecule has 0 unspecified atom stereocenters. The van der Waals surface area contributed by atoms with Crippen molar-refractivity contribution >= 4 is 19.7 Å². The minimum absolute atomic E-state index is 0.383. The van der Waals surface area contributed by atoms with Crippen LogP contribution >= 0.6 is 0 Å². The minimum Gasteiger partial charge on any atom is -0.400 e. The summed E-state index contributed by atoms with van der Waals surface area (Å²) in [5.74, 6) is 1.99. The van der Waals surface area contributed by atoms with Crippen molar-refractivity contribution in [2.45, 2.75) is 77.8 Å². The molecule has 0 radical (unpaired) electrons. The third-order valence-electron chi connectivity index (χ3n) is 6.20. The molecule has 0 aromatic heterocycles. The van der Waals surface area contributed by atoms with Crippen LogP contribution in [0, 0.1) is 0 Å². The molecule has 2 aliphatic heterocycles. The molecule has 6 heteroatoms. The molecule has 0 bridgehead atoms. The summed E-state index contributed by atoms with van der Waals surface area (Å²) in [6.07, 6.45) is 0. The predicted molar refractivity (Wildman–Crippen MR) is 107 cm³/mol. The van der Waals surface area contributed by atoms with E-state index in [1.54, 1.807) is 0 Å². The van der Waals surface area contributed by atoms with E-state index < -0.39 is 25.4 Å². The first kappa shape index (κ1) is 19.7. The molecule has 2 aliphatic rings. The zero-order chi connectivity index (χ0) is 19.4. The maximum Gasteiger partial charge on any atom is 0.494 e. The summed E-state index contributed by atoms with van der Waals surface area (Å²) in [5.41, 5.74) is 0.407. The Kier molecular flexibility index (Phi) is 4.72. The molecule has 26 heavy (non-hydrogen) atoms. The molecule has 0 spiro atoms. The molecule has 3 rings (SSSR count). The molecule has 1 aromatic rings. The molecule has 0 aliphatic carbocycles. The fourth-order valence-corrected chi connectivity index (χ4v) is 3.01. The fraction of sp³-hybridized carbons (Fsp3) is 0.600. The molecule has 0 atom stereocenters. The number of hydrogen-bond acceptors (Lipinski definition) is 4. The standard InChI is InChI=1S/C20H30B2O4/c1-17(2)18(3,4)24-21(23-17)14-16(15-12-10-9-11-13-15)22-25-19(5,6)20(7,8)26-22/h9-14H,1-8H3/b16-14-. The van der Waals surface area contributed by atoms with Crippen LogP contribution in [0.2, 0.25) is 0 Å². The molecular weight excluding hydrogens is 326 g/mol. The van der Waals surface area contributed by atoms with Gasteiger partial charge in [0.1, 0.15) is 0 Å². The lowest BCUT2D eigenvalue weighted by molar-refractivity contribution is 0.00578. The zero-order valence-corrected chi connectivity index (χ0v) is 17.3. The van der Waals surface area contributed by atoms with E-state index >= 15 is 0 Å². The minimum atomic E-state index is -0.471. The van der Waals surface area contributed by atoms with Crippen molar-refractivity contribution in [1.82, 2.24) is 0 Å². The summed E-state index contributed by atoms with van der Waals surface area (Å²) in [6.45, 7) is 16.5. The van der Waals surface area contributed by atoms with Crippen molar-refractivity contribution in [1.29, 1.82) is 0 Å². The Morgan fingerprint density at radius 1 is 0.692 bits per heavy atom. The first-order valence-corrected chi connectivity index (χ1v) is 9.33. The molecule has 2 fully saturated rings. The Labute approximate surface area is 158 Å². The van der Waals surface area contributed by atoms with Crippen molar-refractivity contribution in [2.75, 3.05) is 0 Å². The van der Waals surface area contributed by atoms with E-state index in [2.05, 4.69) is 67.5 Å².